The Labute approximate surface area is 114 Å². The minimum Gasteiger partial charge on any atom is -0.467 e. The van der Waals surface area contributed by atoms with E-state index >= 15 is 0 Å². The van der Waals surface area contributed by atoms with E-state index < -0.39 is 23.7 Å². The van der Waals surface area contributed by atoms with Gasteiger partial charge >= 0.3 is 12.1 Å². The van der Waals surface area contributed by atoms with Crippen LogP contribution in [0.3, 0.4) is 0 Å². The Bertz CT molecular complexity index is 319. The molecule has 6 heteroatoms. The Balaban J connectivity index is 2.64. The standard InChI is InChI=1S/C13H24N2O4/c1-13(2,3)19-12(17)15-10(11(16)18-4)9-5-7-14-8-6-9/h9-10,14H,5-8H2,1-4H3,(H,15,17). The van der Waals surface area contributed by atoms with Crippen molar-refractivity contribution in [2.24, 2.45) is 5.92 Å². The Morgan fingerprint density at radius 3 is 2.32 bits per heavy atom. The van der Waals surface area contributed by atoms with Gasteiger partial charge in [0, 0.05) is 0 Å². The summed E-state index contributed by atoms with van der Waals surface area (Å²) in [6.07, 6.45) is 1.08. The Hall–Kier alpha value is -1.30. The second-order valence-corrected chi connectivity index (χ2v) is 5.73. The van der Waals surface area contributed by atoms with Crippen LogP contribution in [0.15, 0.2) is 0 Å². The van der Waals surface area contributed by atoms with Crippen LogP contribution in [0.25, 0.3) is 0 Å². The summed E-state index contributed by atoms with van der Waals surface area (Å²) in [5, 5.41) is 5.85. The minimum atomic E-state index is -0.637. The van der Waals surface area contributed by atoms with Crippen molar-refractivity contribution < 1.29 is 19.1 Å². The quantitative estimate of drug-likeness (QED) is 0.751. The fraction of sp³-hybridized carbons (Fsp3) is 0.846. The highest BCUT2D eigenvalue weighted by Gasteiger charge is 2.32. The van der Waals surface area contributed by atoms with E-state index in [4.69, 9.17) is 9.47 Å². The first-order valence-corrected chi connectivity index (χ1v) is 6.61. The van der Waals surface area contributed by atoms with Crippen LogP contribution in [0.5, 0.6) is 0 Å². The van der Waals surface area contributed by atoms with Gasteiger partial charge in [-0.1, -0.05) is 0 Å². The third kappa shape index (κ3) is 5.46. The average Bonchev–Trinajstić information content (AvgIpc) is 2.34. The molecule has 1 fully saturated rings. The second-order valence-electron chi connectivity index (χ2n) is 5.73. The molecular weight excluding hydrogens is 248 g/mol. The number of alkyl carbamates (subject to hydrolysis) is 1. The number of hydrogen-bond donors (Lipinski definition) is 2. The van der Waals surface area contributed by atoms with Gasteiger partial charge in [0.2, 0.25) is 0 Å². The summed E-state index contributed by atoms with van der Waals surface area (Å²) < 4.78 is 9.95. The maximum absolute atomic E-state index is 11.8. The van der Waals surface area contributed by atoms with Crippen LogP contribution < -0.4 is 10.6 Å². The predicted molar refractivity (Wildman–Crippen MR) is 70.8 cm³/mol. The van der Waals surface area contributed by atoms with E-state index in [-0.39, 0.29) is 5.92 Å². The number of methoxy groups -OCH3 is 1. The van der Waals surface area contributed by atoms with Crippen molar-refractivity contribution in [1.29, 1.82) is 0 Å². The molecule has 0 spiro atoms. The molecule has 1 saturated heterocycles. The number of amides is 1. The highest BCUT2D eigenvalue weighted by atomic mass is 16.6. The largest absolute Gasteiger partial charge is 0.467 e. The first kappa shape index (κ1) is 15.8. The van der Waals surface area contributed by atoms with Crippen LogP contribution in [-0.2, 0) is 14.3 Å². The molecule has 19 heavy (non-hydrogen) atoms. The molecule has 1 aliphatic heterocycles. The van der Waals surface area contributed by atoms with Crippen LogP contribution in [-0.4, -0.2) is 43.9 Å². The zero-order valence-electron chi connectivity index (χ0n) is 12.1. The molecule has 2 N–H and O–H groups in total. The average molecular weight is 272 g/mol. The van der Waals surface area contributed by atoms with Gasteiger partial charge in [0.05, 0.1) is 7.11 Å². The lowest BCUT2D eigenvalue weighted by atomic mass is 9.90. The summed E-state index contributed by atoms with van der Waals surface area (Å²) in [5.74, 6) is -0.334. The zero-order valence-corrected chi connectivity index (χ0v) is 12.1. The number of hydrogen-bond acceptors (Lipinski definition) is 5. The lowest BCUT2D eigenvalue weighted by Gasteiger charge is -2.30. The molecule has 0 bridgehead atoms. The van der Waals surface area contributed by atoms with Gasteiger partial charge in [0.15, 0.2) is 0 Å². The van der Waals surface area contributed by atoms with Gasteiger partial charge in [-0.15, -0.1) is 0 Å². The summed E-state index contributed by atoms with van der Waals surface area (Å²) >= 11 is 0. The van der Waals surface area contributed by atoms with E-state index in [1.807, 2.05) is 0 Å². The number of carbonyl (C=O) groups excluding carboxylic acids is 2. The molecule has 110 valence electrons. The van der Waals surface area contributed by atoms with Gasteiger partial charge in [-0.25, -0.2) is 9.59 Å². The van der Waals surface area contributed by atoms with Gasteiger partial charge in [-0.3, -0.25) is 0 Å². The monoisotopic (exact) mass is 272 g/mol. The lowest BCUT2D eigenvalue weighted by Crippen LogP contribution is -2.50. The van der Waals surface area contributed by atoms with Crippen molar-refractivity contribution in [2.45, 2.75) is 45.3 Å². The summed E-state index contributed by atoms with van der Waals surface area (Å²) in [7, 11) is 1.33. The van der Waals surface area contributed by atoms with Crippen molar-refractivity contribution in [1.82, 2.24) is 10.6 Å². The van der Waals surface area contributed by atoms with E-state index in [1.54, 1.807) is 20.8 Å². The second kappa shape index (κ2) is 6.75. The maximum Gasteiger partial charge on any atom is 0.408 e. The first-order valence-electron chi connectivity index (χ1n) is 6.61. The summed E-state index contributed by atoms with van der Waals surface area (Å²) in [6.45, 7) is 7.03. The van der Waals surface area contributed by atoms with E-state index in [0.717, 1.165) is 25.9 Å². The van der Waals surface area contributed by atoms with E-state index in [1.165, 1.54) is 7.11 Å². The van der Waals surface area contributed by atoms with E-state index in [2.05, 4.69) is 10.6 Å². The van der Waals surface area contributed by atoms with Crippen LogP contribution in [0, 0.1) is 5.92 Å². The van der Waals surface area contributed by atoms with Gasteiger partial charge in [0.25, 0.3) is 0 Å². The number of carbonyl (C=O) groups is 2. The van der Waals surface area contributed by atoms with Crippen LogP contribution in [0.4, 0.5) is 4.79 Å². The molecule has 1 heterocycles. The SMILES string of the molecule is COC(=O)C(NC(=O)OC(C)(C)C)C1CCNCC1. The number of nitrogens with one attached hydrogen (secondary N) is 2. The molecule has 1 amide bonds. The van der Waals surface area contributed by atoms with Gasteiger partial charge in [-0.2, -0.15) is 0 Å². The third-order valence-corrected chi connectivity index (χ3v) is 2.98. The Kier molecular flexibility index (Phi) is 5.60. The zero-order chi connectivity index (χ0) is 14.5. The van der Waals surface area contributed by atoms with Crippen molar-refractivity contribution in [3.05, 3.63) is 0 Å². The van der Waals surface area contributed by atoms with Crippen LogP contribution >= 0.6 is 0 Å². The van der Waals surface area contributed by atoms with Crippen molar-refractivity contribution in [3.8, 4) is 0 Å². The highest BCUT2D eigenvalue weighted by Crippen LogP contribution is 2.18. The van der Waals surface area contributed by atoms with E-state index in [0.29, 0.717) is 0 Å². The topological polar surface area (TPSA) is 76.7 Å². The summed E-state index contributed by atoms with van der Waals surface area (Å²) in [5.41, 5.74) is -0.584. The molecule has 1 atom stereocenters. The molecule has 0 radical (unpaired) electrons. The van der Waals surface area contributed by atoms with Gasteiger partial charge in [-0.05, 0) is 52.6 Å². The summed E-state index contributed by atoms with van der Waals surface area (Å²) in [4.78, 5) is 23.6. The molecule has 0 aromatic rings. The van der Waals surface area contributed by atoms with Crippen molar-refractivity contribution in [2.75, 3.05) is 20.2 Å². The molecule has 1 unspecified atom stereocenters. The number of piperidine rings is 1. The maximum atomic E-state index is 11.8. The minimum absolute atomic E-state index is 0.0845. The van der Waals surface area contributed by atoms with Crippen molar-refractivity contribution in [3.63, 3.8) is 0 Å². The molecule has 1 rings (SSSR count). The number of rotatable bonds is 3. The number of ether oxygens (including phenoxy) is 2. The number of esters is 1. The van der Waals surface area contributed by atoms with E-state index in [9.17, 15) is 9.59 Å². The third-order valence-electron chi connectivity index (χ3n) is 2.98. The van der Waals surface area contributed by atoms with Crippen molar-refractivity contribution >= 4 is 12.1 Å². The molecule has 0 aliphatic carbocycles. The molecule has 6 nitrogen and oxygen atoms in total. The molecule has 0 saturated carbocycles. The predicted octanol–water partition coefficient (Wildman–Crippen LogP) is 1.05. The lowest BCUT2D eigenvalue weighted by molar-refractivity contribution is -0.145. The molecular formula is C13H24N2O4. The van der Waals surface area contributed by atoms with Gasteiger partial charge in [0.1, 0.15) is 11.6 Å². The van der Waals surface area contributed by atoms with Gasteiger partial charge < -0.3 is 20.1 Å². The Morgan fingerprint density at radius 2 is 1.84 bits per heavy atom. The van der Waals surface area contributed by atoms with Crippen LogP contribution in [0.2, 0.25) is 0 Å². The molecule has 1 aliphatic rings. The Morgan fingerprint density at radius 1 is 1.26 bits per heavy atom. The van der Waals surface area contributed by atoms with Crippen LogP contribution in [0.1, 0.15) is 33.6 Å². The molecule has 0 aromatic carbocycles. The normalized spacial score (nSPS) is 18.5. The molecule has 0 aromatic heterocycles. The summed E-state index contributed by atoms with van der Waals surface area (Å²) in [6, 6.07) is -0.637. The first-order chi connectivity index (χ1) is 8.83. The highest BCUT2D eigenvalue weighted by molar-refractivity contribution is 5.81. The smallest absolute Gasteiger partial charge is 0.408 e. The fourth-order valence-electron chi connectivity index (χ4n) is 2.11. The fourth-order valence-corrected chi connectivity index (χ4v) is 2.11.